The average Bonchev–Trinajstić information content (AvgIpc) is 2.95. The smallest absolute Gasteiger partial charge is 0.242 e. The van der Waals surface area contributed by atoms with Crippen LogP contribution < -0.4 is 5.73 Å². The lowest BCUT2D eigenvalue weighted by Crippen LogP contribution is -2.52. The Morgan fingerprint density at radius 1 is 1.31 bits per heavy atom. The molecule has 1 unspecified atom stereocenters. The lowest BCUT2D eigenvalue weighted by molar-refractivity contribution is -0.135. The molecular weight excluding hydrogens is 348 g/mol. The zero-order chi connectivity index (χ0) is 18.4. The molecule has 0 radical (unpaired) electrons. The molecule has 2 aromatic rings. The first kappa shape index (κ1) is 22.2. The molecule has 0 saturated carbocycles. The highest BCUT2D eigenvalue weighted by molar-refractivity contribution is 5.85. The van der Waals surface area contributed by atoms with Gasteiger partial charge in [-0.3, -0.25) is 9.48 Å². The summed E-state index contributed by atoms with van der Waals surface area (Å²) < 4.78 is 1.91. The Hall–Kier alpha value is -1.85. The third-order valence-electron chi connectivity index (χ3n) is 4.53. The van der Waals surface area contributed by atoms with Gasteiger partial charge in [-0.2, -0.15) is 5.10 Å². The van der Waals surface area contributed by atoms with Crippen LogP contribution in [-0.2, 0) is 18.3 Å². The molecule has 1 aromatic carbocycles. The molecule has 1 heterocycles. The van der Waals surface area contributed by atoms with Crippen LogP contribution >= 0.6 is 12.4 Å². The monoisotopic (exact) mass is 378 g/mol. The molecule has 1 amide bonds. The quantitative estimate of drug-likeness (QED) is 0.765. The predicted octanol–water partition coefficient (Wildman–Crippen LogP) is 3.42. The number of carbonyl (C=O) groups excluding carboxylic acids is 1. The van der Waals surface area contributed by atoms with Gasteiger partial charge >= 0.3 is 0 Å². The van der Waals surface area contributed by atoms with Gasteiger partial charge in [-0.25, -0.2) is 0 Å². The van der Waals surface area contributed by atoms with Crippen molar-refractivity contribution in [2.24, 2.45) is 12.8 Å². The van der Waals surface area contributed by atoms with E-state index in [1.54, 1.807) is 4.90 Å². The van der Waals surface area contributed by atoms with Gasteiger partial charge in [0.15, 0.2) is 0 Å². The van der Waals surface area contributed by atoms with Crippen LogP contribution in [0.3, 0.4) is 0 Å². The van der Waals surface area contributed by atoms with Crippen LogP contribution in [0.5, 0.6) is 0 Å². The summed E-state index contributed by atoms with van der Waals surface area (Å²) in [5.41, 5.74) is 8.68. The van der Waals surface area contributed by atoms with Crippen LogP contribution in [0.15, 0.2) is 36.4 Å². The summed E-state index contributed by atoms with van der Waals surface area (Å²) in [4.78, 5) is 14.2. The molecule has 0 bridgehead atoms. The average molecular weight is 379 g/mol. The summed E-state index contributed by atoms with van der Waals surface area (Å²) in [6, 6.07) is 12.4. The van der Waals surface area contributed by atoms with Gasteiger partial charge in [0.25, 0.3) is 0 Å². The summed E-state index contributed by atoms with van der Waals surface area (Å²) in [6.07, 6.45) is 3.32. The van der Waals surface area contributed by atoms with Gasteiger partial charge in [0.1, 0.15) is 0 Å². The number of aromatic nitrogens is 2. The molecule has 1 aromatic heterocycles. The number of nitrogens with zero attached hydrogens (tertiary/aromatic N) is 3. The summed E-state index contributed by atoms with van der Waals surface area (Å²) in [5, 5.41) is 4.60. The van der Waals surface area contributed by atoms with Gasteiger partial charge in [-0.05, 0) is 37.8 Å². The highest BCUT2D eigenvalue weighted by Crippen LogP contribution is 2.20. The van der Waals surface area contributed by atoms with E-state index < -0.39 is 5.54 Å². The SMILES string of the molecule is CCCC(C)(N)C(=O)N(C)CCCc1cc(-c2ccccc2)n(C)n1.Cl. The van der Waals surface area contributed by atoms with E-state index in [2.05, 4.69) is 23.3 Å². The van der Waals surface area contributed by atoms with Gasteiger partial charge in [0.05, 0.1) is 16.9 Å². The molecule has 0 aliphatic rings. The van der Waals surface area contributed by atoms with Crippen molar-refractivity contribution in [3.05, 3.63) is 42.1 Å². The standard InChI is InChI=1S/C20H30N4O.ClH/c1-5-13-20(2,21)19(25)23(3)14-9-12-17-15-18(24(4)22-17)16-10-7-6-8-11-16;/h6-8,10-11,15H,5,9,12-14,21H2,1-4H3;1H. The number of nitrogens with two attached hydrogens (primary N) is 1. The summed E-state index contributed by atoms with van der Waals surface area (Å²) in [7, 11) is 3.79. The highest BCUT2D eigenvalue weighted by atomic mass is 35.5. The zero-order valence-corrected chi connectivity index (χ0v) is 17.1. The van der Waals surface area contributed by atoms with Gasteiger partial charge < -0.3 is 10.6 Å². The number of hydrogen-bond donors (Lipinski definition) is 1. The third-order valence-corrected chi connectivity index (χ3v) is 4.53. The number of rotatable bonds is 8. The first-order chi connectivity index (χ1) is 11.8. The molecule has 5 nitrogen and oxygen atoms in total. The molecular formula is C20H31ClN4O. The van der Waals surface area contributed by atoms with E-state index in [0.717, 1.165) is 36.2 Å². The summed E-state index contributed by atoms with van der Waals surface area (Å²) >= 11 is 0. The van der Waals surface area contributed by atoms with Crippen LogP contribution in [-0.4, -0.2) is 39.7 Å². The van der Waals surface area contributed by atoms with Crippen molar-refractivity contribution in [3.63, 3.8) is 0 Å². The lowest BCUT2D eigenvalue weighted by atomic mass is 9.96. The second-order valence-corrected chi connectivity index (χ2v) is 7.01. The maximum Gasteiger partial charge on any atom is 0.242 e. The molecule has 0 saturated heterocycles. The second-order valence-electron chi connectivity index (χ2n) is 7.01. The Balaban J connectivity index is 0.00000338. The molecule has 0 spiro atoms. The van der Waals surface area contributed by atoms with E-state index in [9.17, 15) is 4.79 Å². The molecule has 2 N–H and O–H groups in total. The number of carbonyl (C=O) groups is 1. The molecule has 2 rings (SSSR count). The van der Waals surface area contributed by atoms with Crippen molar-refractivity contribution < 1.29 is 4.79 Å². The largest absolute Gasteiger partial charge is 0.344 e. The van der Waals surface area contributed by atoms with Crippen LogP contribution in [0.4, 0.5) is 0 Å². The van der Waals surface area contributed by atoms with E-state index in [1.807, 2.05) is 50.8 Å². The van der Waals surface area contributed by atoms with E-state index in [1.165, 1.54) is 0 Å². The molecule has 0 aliphatic carbocycles. The Morgan fingerprint density at radius 3 is 2.58 bits per heavy atom. The lowest BCUT2D eigenvalue weighted by Gasteiger charge is -2.29. The number of halogens is 1. The Morgan fingerprint density at radius 2 is 1.96 bits per heavy atom. The molecule has 0 fully saturated rings. The van der Waals surface area contributed by atoms with Crippen molar-refractivity contribution in [1.82, 2.24) is 14.7 Å². The van der Waals surface area contributed by atoms with Crippen molar-refractivity contribution in [3.8, 4) is 11.3 Å². The van der Waals surface area contributed by atoms with Gasteiger partial charge in [0.2, 0.25) is 5.91 Å². The van der Waals surface area contributed by atoms with E-state index in [4.69, 9.17) is 5.73 Å². The fourth-order valence-corrected chi connectivity index (χ4v) is 3.19. The normalized spacial score (nSPS) is 13.0. The van der Waals surface area contributed by atoms with E-state index >= 15 is 0 Å². The van der Waals surface area contributed by atoms with Crippen molar-refractivity contribution >= 4 is 18.3 Å². The molecule has 144 valence electrons. The maximum atomic E-state index is 12.4. The summed E-state index contributed by atoms with van der Waals surface area (Å²) in [5.74, 6) is 0.0142. The van der Waals surface area contributed by atoms with Gasteiger partial charge in [-0.15, -0.1) is 12.4 Å². The maximum absolute atomic E-state index is 12.4. The van der Waals surface area contributed by atoms with Crippen LogP contribution in [0.25, 0.3) is 11.3 Å². The number of hydrogen-bond acceptors (Lipinski definition) is 3. The molecule has 0 aliphatic heterocycles. The second kappa shape index (κ2) is 9.74. The number of amides is 1. The van der Waals surface area contributed by atoms with Crippen molar-refractivity contribution in [2.45, 2.75) is 45.1 Å². The first-order valence-corrected chi connectivity index (χ1v) is 8.98. The van der Waals surface area contributed by atoms with Crippen LogP contribution in [0, 0.1) is 0 Å². The minimum atomic E-state index is -0.769. The Labute approximate surface area is 163 Å². The minimum absolute atomic E-state index is 0. The van der Waals surface area contributed by atoms with Crippen molar-refractivity contribution in [2.75, 3.05) is 13.6 Å². The fraction of sp³-hybridized carbons (Fsp3) is 0.500. The van der Waals surface area contributed by atoms with Crippen LogP contribution in [0.2, 0.25) is 0 Å². The minimum Gasteiger partial charge on any atom is -0.344 e. The first-order valence-electron chi connectivity index (χ1n) is 8.98. The zero-order valence-electron chi connectivity index (χ0n) is 16.2. The number of aryl methyl sites for hydroxylation is 2. The van der Waals surface area contributed by atoms with Crippen molar-refractivity contribution in [1.29, 1.82) is 0 Å². The Bertz CT molecular complexity index is 697. The number of benzene rings is 1. The van der Waals surface area contributed by atoms with Gasteiger partial charge in [0, 0.05) is 20.6 Å². The Kier molecular flexibility index (Phi) is 8.31. The molecule has 6 heteroatoms. The predicted molar refractivity (Wildman–Crippen MR) is 109 cm³/mol. The third kappa shape index (κ3) is 5.58. The van der Waals surface area contributed by atoms with E-state index in [0.29, 0.717) is 13.0 Å². The fourth-order valence-electron chi connectivity index (χ4n) is 3.19. The summed E-state index contributed by atoms with van der Waals surface area (Å²) in [6.45, 7) is 4.55. The molecule has 26 heavy (non-hydrogen) atoms. The van der Waals surface area contributed by atoms with Crippen LogP contribution in [0.1, 0.15) is 38.8 Å². The topological polar surface area (TPSA) is 64.2 Å². The number of likely N-dealkylation sites (N-methyl/N-ethyl adjacent to an activating group) is 1. The molecule has 1 atom stereocenters. The highest BCUT2D eigenvalue weighted by Gasteiger charge is 2.29. The van der Waals surface area contributed by atoms with E-state index in [-0.39, 0.29) is 18.3 Å². The van der Waals surface area contributed by atoms with Gasteiger partial charge in [-0.1, -0.05) is 43.7 Å².